The molecule has 0 aliphatic heterocycles. The van der Waals surface area contributed by atoms with E-state index in [2.05, 4.69) is 27.3 Å². The average Bonchev–Trinajstić information content (AvgIpc) is 2.48. The minimum absolute atomic E-state index is 0. The molecule has 3 N–H and O–H groups in total. The number of hydrogen-bond acceptors (Lipinski definition) is 5. The van der Waals surface area contributed by atoms with Crippen molar-refractivity contribution >= 4 is 40.7 Å². The van der Waals surface area contributed by atoms with Crippen molar-refractivity contribution in [3.8, 4) is 0 Å². The second-order valence-corrected chi connectivity index (χ2v) is 6.20. The normalized spacial score (nSPS) is 10.3. The minimum atomic E-state index is -3.59. The number of carbonyl (C=O) groups excluding carboxylic acids is 1. The molecule has 0 saturated heterocycles. The molecule has 134 valence electrons. The van der Waals surface area contributed by atoms with E-state index in [-0.39, 0.29) is 48.6 Å². The van der Waals surface area contributed by atoms with E-state index in [1.165, 1.54) is 18.5 Å². The Hall–Kier alpha value is -0.930. The number of rotatable bonds is 10. The molecule has 0 saturated carbocycles. The van der Waals surface area contributed by atoms with E-state index in [1.54, 1.807) is 6.07 Å². The topological polar surface area (TPSA) is 100 Å². The molecule has 1 aromatic heterocycles. The van der Waals surface area contributed by atoms with Crippen molar-refractivity contribution in [2.24, 2.45) is 0 Å². The van der Waals surface area contributed by atoms with Gasteiger partial charge >= 0.3 is 0 Å². The van der Waals surface area contributed by atoms with E-state index in [4.69, 9.17) is 0 Å². The Bertz CT molecular complexity index is 529. The Balaban J connectivity index is 0. The summed E-state index contributed by atoms with van der Waals surface area (Å²) in [6.45, 7) is 4.29. The maximum absolute atomic E-state index is 11.9. The predicted octanol–water partition coefficient (Wildman–Crippen LogP) is 0.709. The second-order valence-electron chi connectivity index (χ2n) is 4.44. The highest BCUT2D eigenvalue weighted by atomic mass is 35.5. The van der Waals surface area contributed by atoms with E-state index in [0.29, 0.717) is 13.1 Å². The monoisotopic (exact) mass is 386 g/mol. The Morgan fingerprint density at radius 1 is 1.17 bits per heavy atom. The van der Waals surface area contributed by atoms with Gasteiger partial charge in [0.05, 0.1) is 0 Å². The van der Waals surface area contributed by atoms with E-state index < -0.39 is 10.0 Å². The van der Waals surface area contributed by atoms with Crippen molar-refractivity contribution in [2.45, 2.75) is 24.7 Å². The summed E-state index contributed by atoms with van der Waals surface area (Å²) in [5, 5.41) is 5.88. The van der Waals surface area contributed by atoms with Gasteiger partial charge < -0.3 is 10.6 Å². The molecule has 0 bridgehead atoms. The molecule has 0 unspecified atom stereocenters. The first-order valence-corrected chi connectivity index (χ1v) is 8.41. The average molecular weight is 387 g/mol. The lowest BCUT2D eigenvalue weighted by molar-refractivity contribution is -0.120. The summed E-state index contributed by atoms with van der Waals surface area (Å²) in [6, 6.07) is 3.00. The lowest BCUT2D eigenvalue weighted by Gasteiger charge is -2.07. The Labute approximate surface area is 149 Å². The van der Waals surface area contributed by atoms with Crippen LogP contribution in [0.4, 0.5) is 0 Å². The van der Waals surface area contributed by atoms with E-state index in [1.807, 2.05) is 0 Å². The SMILES string of the molecule is CCCNCCNC(=O)CCNS(=O)(=O)c1cccnc1.Cl.Cl. The Morgan fingerprint density at radius 3 is 2.52 bits per heavy atom. The summed E-state index contributed by atoms with van der Waals surface area (Å²) >= 11 is 0. The van der Waals surface area contributed by atoms with Crippen LogP contribution in [-0.2, 0) is 14.8 Å². The smallest absolute Gasteiger partial charge is 0.242 e. The first kappa shape index (κ1) is 24.3. The zero-order chi connectivity index (χ0) is 15.6. The highest BCUT2D eigenvalue weighted by Gasteiger charge is 2.13. The number of amides is 1. The molecule has 0 spiro atoms. The fourth-order valence-electron chi connectivity index (χ4n) is 1.57. The van der Waals surface area contributed by atoms with Crippen molar-refractivity contribution in [2.75, 3.05) is 26.2 Å². The summed E-state index contributed by atoms with van der Waals surface area (Å²) in [4.78, 5) is 15.4. The molecule has 0 fully saturated rings. The van der Waals surface area contributed by atoms with Crippen molar-refractivity contribution in [3.05, 3.63) is 24.5 Å². The van der Waals surface area contributed by atoms with Gasteiger partial charge in [-0.1, -0.05) is 6.92 Å². The summed E-state index contributed by atoms with van der Waals surface area (Å²) in [5.41, 5.74) is 0. The van der Waals surface area contributed by atoms with Gasteiger partial charge in [0.1, 0.15) is 4.90 Å². The maximum atomic E-state index is 11.9. The van der Waals surface area contributed by atoms with Crippen LogP contribution in [0.3, 0.4) is 0 Å². The van der Waals surface area contributed by atoms with Gasteiger partial charge in [-0.15, -0.1) is 24.8 Å². The largest absolute Gasteiger partial charge is 0.355 e. The highest BCUT2D eigenvalue weighted by molar-refractivity contribution is 7.89. The van der Waals surface area contributed by atoms with Gasteiger partial charge in [0.2, 0.25) is 15.9 Å². The Kier molecular flexibility index (Phi) is 14.3. The molecular formula is C13H24Cl2N4O3S. The number of hydrogen-bond donors (Lipinski definition) is 3. The maximum Gasteiger partial charge on any atom is 0.242 e. The number of sulfonamides is 1. The van der Waals surface area contributed by atoms with Crippen molar-refractivity contribution < 1.29 is 13.2 Å². The van der Waals surface area contributed by atoms with Gasteiger partial charge in [0.25, 0.3) is 0 Å². The molecule has 10 heteroatoms. The third-order valence-corrected chi connectivity index (χ3v) is 4.09. The van der Waals surface area contributed by atoms with E-state index in [9.17, 15) is 13.2 Å². The van der Waals surface area contributed by atoms with Crippen LogP contribution in [0.5, 0.6) is 0 Å². The molecule has 1 rings (SSSR count). The van der Waals surface area contributed by atoms with Crippen LogP contribution in [0, 0.1) is 0 Å². The van der Waals surface area contributed by atoms with Gasteiger partial charge in [-0.3, -0.25) is 9.78 Å². The molecular weight excluding hydrogens is 363 g/mol. The quantitative estimate of drug-likeness (QED) is 0.514. The number of halogens is 2. The molecule has 0 aliphatic rings. The van der Waals surface area contributed by atoms with Crippen LogP contribution in [0.1, 0.15) is 19.8 Å². The lowest BCUT2D eigenvalue weighted by Crippen LogP contribution is -2.34. The molecule has 23 heavy (non-hydrogen) atoms. The van der Waals surface area contributed by atoms with Crippen molar-refractivity contribution in [3.63, 3.8) is 0 Å². The number of pyridine rings is 1. The zero-order valence-electron chi connectivity index (χ0n) is 12.9. The first-order valence-electron chi connectivity index (χ1n) is 6.93. The highest BCUT2D eigenvalue weighted by Crippen LogP contribution is 2.04. The first-order chi connectivity index (χ1) is 10.1. The summed E-state index contributed by atoms with van der Waals surface area (Å²) in [7, 11) is -3.59. The fourth-order valence-corrected chi connectivity index (χ4v) is 2.56. The van der Waals surface area contributed by atoms with Crippen molar-refractivity contribution in [1.82, 2.24) is 20.3 Å². The van der Waals surface area contributed by atoms with Gasteiger partial charge in [-0.25, -0.2) is 13.1 Å². The van der Waals surface area contributed by atoms with Crippen LogP contribution in [-0.4, -0.2) is 45.5 Å². The van der Waals surface area contributed by atoms with Gasteiger partial charge in [-0.05, 0) is 25.1 Å². The molecule has 0 radical (unpaired) electrons. The third-order valence-electron chi connectivity index (χ3n) is 2.64. The van der Waals surface area contributed by atoms with E-state index >= 15 is 0 Å². The van der Waals surface area contributed by atoms with Crippen LogP contribution < -0.4 is 15.4 Å². The fraction of sp³-hybridized carbons (Fsp3) is 0.538. The second kappa shape index (κ2) is 13.5. The molecule has 0 atom stereocenters. The van der Waals surface area contributed by atoms with Crippen molar-refractivity contribution in [1.29, 1.82) is 0 Å². The Morgan fingerprint density at radius 2 is 1.91 bits per heavy atom. The minimum Gasteiger partial charge on any atom is -0.355 e. The van der Waals surface area contributed by atoms with E-state index in [0.717, 1.165) is 13.0 Å². The lowest BCUT2D eigenvalue weighted by atomic mass is 10.4. The molecule has 7 nitrogen and oxygen atoms in total. The predicted molar refractivity (Wildman–Crippen MR) is 94.7 cm³/mol. The molecule has 1 amide bonds. The van der Waals surface area contributed by atoms with Gasteiger partial charge in [0.15, 0.2) is 0 Å². The number of nitrogens with zero attached hydrogens (tertiary/aromatic N) is 1. The summed E-state index contributed by atoms with van der Waals surface area (Å²) < 4.78 is 26.1. The number of carbonyl (C=O) groups is 1. The standard InChI is InChI=1S/C13H22N4O3S.2ClH/c1-2-6-14-9-10-16-13(18)5-8-17-21(19,20)12-4-3-7-15-11-12;;/h3-4,7,11,14,17H,2,5-6,8-10H2,1H3,(H,16,18);2*1H. The van der Waals surface area contributed by atoms with Crippen LogP contribution in [0.15, 0.2) is 29.4 Å². The third kappa shape index (κ3) is 10.5. The van der Waals surface area contributed by atoms with Crippen LogP contribution >= 0.6 is 24.8 Å². The molecule has 0 aromatic carbocycles. The summed E-state index contributed by atoms with van der Waals surface area (Å²) in [5.74, 6) is -0.179. The summed E-state index contributed by atoms with van der Waals surface area (Å²) in [6.07, 6.45) is 3.91. The number of aromatic nitrogens is 1. The molecule has 1 heterocycles. The van der Waals surface area contributed by atoms with Crippen LogP contribution in [0.2, 0.25) is 0 Å². The molecule has 0 aliphatic carbocycles. The van der Waals surface area contributed by atoms with Gasteiger partial charge in [-0.2, -0.15) is 0 Å². The van der Waals surface area contributed by atoms with Crippen LogP contribution in [0.25, 0.3) is 0 Å². The number of nitrogens with one attached hydrogen (secondary N) is 3. The molecule has 1 aromatic rings. The van der Waals surface area contributed by atoms with Gasteiger partial charge in [0, 0.05) is 38.4 Å². The zero-order valence-corrected chi connectivity index (χ0v) is 15.4.